The quantitative estimate of drug-likeness (QED) is 0.755. The number of carboxylic acids is 1. The van der Waals surface area contributed by atoms with Crippen LogP contribution in [-0.4, -0.2) is 47.7 Å². The first-order valence-electron chi connectivity index (χ1n) is 5.72. The van der Waals surface area contributed by atoms with E-state index in [0.717, 1.165) is 6.42 Å². The average Bonchev–Trinajstić information content (AvgIpc) is 2.72. The Morgan fingerprint density at radius 2 is 2.12 bits per heavy atom. The van der Waals surface area contributed by atoms with Gasteiger partial charge in [0.05, 0.1) is 12.0 Å². The Bertz CT molecular complexity index is 267. The fourth-order valence-corrected chi connectivity index (χ4v) is 2.08. The van der Waals surface area contributed by atoms with Gasteiger partial charge in [-0.15, -0.1) is 0 Å². The van der Waals surface area contributed by atoms with Crippen molar-refractivity contribution in [2.24, 2.45) is 5.92 Å². The molecule has 0 aromatic heterocycles. The summed E-state index contributed by atoms with van der Waals surface area (Å²) in [5.41, 5.74) is 0. The fraction of sp³-hybridized carbons (Fsp3) is 0.818. The van der Waals surface area contributed by atoms with Gasteiger partial charge in [0.25, 0.3) is 0 Å². The van der Waals surface area contributed by atoms with Crippen LogP contribution < -0.4 is 0 Å². The molecule has 92 valence electrons. The van der Waals surface area contributed by atoms with E-state index in [0.29, 0.717) is 19.6 Å². The molecule has 5 heteroatoms. The summed E-state index contributed by atoms with van der Waals surface area (Å²) < 4.78 is 5.44. The lowest BCUT2D eigenvalue weighted by Gasteiger charge is -2.24. The highest BCUT2D eigenvalue weighted by Crippen LogP contribution is 2.25. The summed E-state index contributed by atoms with van der Waals surface area (Å²) in [4.78, 5) is 24.1. The maximum atomic E-state index is 12.1. The molecule has 1 amide bonds. The third-order valence-electron chi connectivity index (χ3n) is 2.95. The second kappa shape index (κ2) is 5.84. The van der Waals surface area contributed by atoms with E-state index in [-0.39, 0.29) is 24.5 Å². The van der Waals surface area contributed by atoms with E-state index < -0.39 is 5.97 Å². The number of hydrogen-bond donors (Lipinski definition) is 1. The largest absolute Gasteiger partial charge is 0.480 e. The molecule has 0 aliphatic carbocycles. The molecule has 1 N–H and O–H groups in total. The molecule has 1 heterocycles. The predicted octanol–water partition coefficient (Wildman–Crippen LogP) is 0.735. The van der Waals surface area contributed by atoms with Crippen LogP contribution in [0, 0.1) is 5.92 Å². The molecule has 0 saturated carbocycles. The summed E-state index contributed by atoms with van der Waals surface area (Å²) in [5, 5.41) is 8.70. The summed E-state index contributed by atoms with van der Waals surface area (Å²) in [6, 6.07) is 0. The monoisotopic (exact) mass is 229 g/mol. The molecule has 0 bridgehead atoms. The van der Waals surface area contributed by atoms with Crippen LogP contribution in [-0.2, 0) is 14.3 Å². The predicted molar refractivity (Wildman–Crippen MR) is 58.0 cm³/mol. The Balaban J connectivity index is 2.63. The molecule has 1 aliphatic heterocycles. The lowest BCUT2D eigenvalue weighted by molar-refractivity contribution is -0.147. The van der Waals surface area contributed by atoms with Gasteiger partial charge in [-0.05, 0) is 19.8 Å². The number of aliphatic carboxylic acids is 1. The summed E-state index contributed by atoms with van der Waals surface area (Å²) in [6.07, 6.45) is 1.45. The maximum Gasteiger partial charge on any atom is 0.323 e. The topological polar surface area (TPSA) is 66.8 Å². The third kappa shape index (κ3) is 2.95. The van der Waals surface area contributed by atoms with Crippen LogP contribution in [0.25, 0.3) is 0 Å². The lowest BCUT2D eigenvalue weighted by atomic mass is 9.98. The summed E-state index contributed by atoms with van der Waals surface area (Å²) in [7, 11) is 0. The van der Waals surface area contributed by atoms with Crippen molar-refractivity contribution in [2.45, 2.75) is 32.8 Å². The van der Waals surface area contributed by atoms with E-state index in [1.165, 1.54) is 4.90 Å². The molecule has 0 radical (unpaired) electrons. The second-order valence-corrected chi connectivity index (χ2v) is 3.96. The van der Waals surface area contributed by atoms with Crippen molar-refractivity contribution in [3.05, 3.63) is 0 Å². The molecule has 2 atom stereocenters. The van der Waals surface area contributed by atoms with Crippen LogP contribution in [0.1, 0.15) is 26.7 Å². The zero-order valence-corrected chi connectivity index (χ0v) is 9.81. The summed E-state index contributed by atoms with van der Waals surface area (Å²) >= 11 is 0. The van der Waals surface area contributed by atoms with E-state index in [1.807, 2.05) is 6.92 Å². The van der Waals surface area contributed by atoms with Crippen molar-refractivity contribution >= 4 is 11.9 Å². The molecular weight excluding hydrogens is 210 g/mol. The van der Waals surface area contributed by atoms with Crippen molar-refractivity contribution in [1.29, 1.82) is 0 Å². The van der Waals surface area contributed by atoms with Gasteiger partial charge in [-0.2, -0.15) is 0 Å². The van der Waals surface area contributed by atoms with Gasteiger partial charge in [-0.3, -0.25) is 9.59 Å². The van der Waals surface area contributed by atoms with E-state index >= 15 is 0 Å². The van der Waals surface area contributed by atoms with Gasteiger partial charge in [-0.1, -0.05) is 6.92 Å². The Hall–Kier alpha value is -1.10. The Labute approximate surface area is 95.4 Å². The number of nitrogens with zero attached hydrogens (tertiary/aromatic N) is 1. The number of carbonyl (C=O) groups excluding carboxylic acids is 1. The molecule has 0 spiro atoms. The van der Waals surface area contributed by atoms with Gasteiger partial charge >= 0.3 is 5.97 Å². The minimum absolute atomic E-state index is 0.0460. The van der Waals surface area contributed by atoms with Crippen LogP contribution in [0.5, 0.6) is 0 Å². The molecule has 1 rings (SSSR count). The number of ether oxygens (including phenoxy) is 1. The van der Waals surface area contributed by atoms with Gasteiger partial charge in [0.2, 0.25) is 5.91 Å². The van der Waals surface area contributed by atoms with Crippen molar-refractivity contribution in [2.75, 3.05) is 19.7 Å². The SMILES string of the molecule is CCC1OCCC1C(=O)N(CC)CC(=O)O. The minimum atomic E-state index is -0.970. The first-order valence-corrected chi connectivity index (χ1v) is 5.72. The van der Waals surface area contributed by atoms with Gasteiger partial charge in [-0.25, -0.2) is 0 Å². The summed E-state index contributed by atoms with van der Waals surface area (Å²) in [6.45, 7) is 4.57. The molecule has 0 aromatic carbocycles. The Morgan fingerprint density at radius 1 is 1.44 bits per heavy atom. The smallest absolute Gasteiger partial charge is 0.323 e. The van der Waals surface area contributed by atoms with E-state index in [4.69, 9.17) is 9.84 Å². The number of carbonyl (C=O) groups is 2. The van der Waals surface area contributed by atoms with Crippen molar-refractivity contribution in [1.82, 2.24) is 4.90 Å². The fourth-order valence-electron chi connectivity index (χ4n) is 2.08. The first-order chi connectivity index (χ1) is 7.60. The standard InChI is InChI=1S/C11H19NO4/c1-3-9-8(5-6-16-9)11(15)12(4-2)7-10(13)14/h8-9H,3-7H2,1-2H3,(H,13,14). The number of hydrogen-bond acceptors (Lipinski definition) is 3. The number of amides is 1. The highest BCUT2D eigenvalue weighted by Gasteiger charge is 2.35. The third-order valence-corrected chi connectivity index (χ3v) is 2.95. The molecular formula is C11H19NO4. The van der Waals surface area contributed by atoms with Crippen LogP contribution >= 0.6 is 0 Å². The van der Waals surface area contributed by atoms with Gasteiger partial charge in [0, 0.05) is 13.2 Å². The molecule has 2 unspecified atom stereocenters. The molecule has 16 heavy (non-hydrogen) atoms. The number of rotatable bonds is 5. The first kappa shape index (κ1) is 13.0. The zero-order valence-electron chi connectivity index (χ0n) is 9.81. The summed E-state index contributed by atoms with van der Waals surface area (Å²) in [5.74, 6) is -1.22. The normalized spacial score (nSPS) is 24.4. The van der Waals surface area contributed by atoms with Crippen molar-refractivity contribution < 1.29 is 19.4 Å². The van der Waals surface area contributed by atoms with Crippen LogP contribution in [0.3, 0.4) is 0 Å². The van der Waals surface area contributed by atoms with Crippen LogP contribution in [0.15, 0.2) is 0 Å². The number of carboxylic acid groups (broad SMARTS) is 1. The van der Waals surface area contributed by atoms with Crippen molar-refractivity contribution in [3.8, 4) is 0 Å². The minimum Gasteiger partial charge on any atom is -0.480 e. The molecule has 5 nitrogen and oxygen atoms in total. The highest BCUT2D eigenvalue weighted by molar-refractivity contribution is 5.83. The second-order valence-electron chi connectivity index (χ2n) is 3.96. The highest BCUT2D eigenvalue weighted by atomic mass is 16.5. The van der Waals surface area contributed by atoms with Crippen LogP contribution in [0.2, 0.25) is 0 Å². The van der Waals surface area contributed by atoms with E-state index in [2.05, 4.69) is 0 Å². The van der Waals surface area contributed by atoms with Crippen molar-refractivity contribution in [3.63, 3.8) is 0 Å². The molecule has 1 aliphatic rings. The van der Waals surface area contributed by atoms with Gasteiger partial charge < -0.3 is 14.7 Å². The van der Waals surface area contributed by atoms with Crippen LogP contribution in [0.4, 0.5) is 0 Å². The Morgan fingerprint density at radius 3 is 2.62 bits per heavy atom. The molecule has 1 saturated heterocycles. The average molecular weight is 229 g/mol. The molecule has 0 aromatic rings. The lowest BCUT2D eigenvalue weighted by Crippen LogP contribution is -2.41. The zero-order chi connectivity index (χ0) is 12.1. The Kier molecular flexibility index (Phi) is 4.73. The molecule has 1 fully saturated rings. The van der Waals surface area contributed by atoms with Gasteiger partial charge in [0.15, 0.2) is 0 Å². The van der Waals surface area contributed by atoms with E-state index in [1.54, 1.807) is 6.92 Å². The van der Waals surface area contributed by atoms with E-state index in [9.17, 15) is 9.59 Å². The van der Waals surface area contributed by atoms with Gasteiger partial charge in [0.1, 0.15) is 6.54 Å². The maximum absolute atomic E-state index is 12.1. The number of likely N-dealkylation sites (N-methyl/N-ethyl adjacent to an activating group) is 1.